The molecule has 1 unspecified atom stereocenters. The van der Waals surface area contributed by atoms with Crippen LogP contribution in [0.15, 0.2) is 35.3 Å². The Morgan fingerprint density at radius 3 is 2.47 bits per heavy atom. The fourth-order valence-corrected chi connectivity index (χ4v) is 1.58. The molecule has 1 aliphatic heterocycles. The van der Waals surface area contributed by atoms with Gasteiger partial charge in [-0.15, -0.1) is 0 Å². The molecular formula is C12H8F3NO3. The first kappa shape index (κ1) is 13.3. The molecule has 0 bridgehead atoms. The second-order valence-corrected chi connectivity index (χ2v) is 3.89. The Bertz CT molecular complexity index is 537. The van der Waals surface area contributed by atoms with Gasteiger partial charge in [0.15, 0.2) is 6.04 Å². The first-order valence-corrected chi connectivity index (χ1v) is 5.33. The lowest BCUT2D eigenvalue weighted by atomic mass is 10.1. The van der Waals surface area contributed by atoms with Gasteiger partial charge in [-0.1, -0.05) is 30.3 Å². The number of hydrogen-bond donors (Lipinski definition) is 0. The summed E-state index contributed by atoms with van der Waals surface area (Å²) in [6.07, 6.45) is -5.00. The summed E-state index contributed by atoms with van der Waals surface area (Å²) in [5.74, 6) is -4.37. The van der Waals surface area contributed by atoms with Gasteiger partial charge >= 0.3 is 17.9 Å². The van der Waals surface area contributed by atoms with Crippen LogP contribution in [0.1, 0.15) is 5.56 Å². The van der Waals surface area contributed by atoms with Gasteiger partial charge < -0.3 is 4.74 Å². The topological polar surface area (TPSA) is 55.7 Å². The maximum absolute atomic E-state index is 12.2. The molecule has 1 aromatic carbocycles. The molecule has 0 N–H and O–H groups in total. The van der Waals surface area contributed by atoms with Crippen LogP contribution in [0.2, 0.25) is 0 Å². The standard InChI is InChI=1S/C12H8F3NO3/c13-12(14,15)9(17)10-16-8(11(18)19-10)6-7-4-2-1-3-5-7/h1-5,8H,6H2. The monoisotopic (exact) mass is 271 g/mol. The van der Waals surface area contributed by atoms with Crippen LogP contribution in [0.25, 0.3) is 0 Å². The van der Waals surface area contributed by atoms with E-state index in [0.717, 1.165) is 0 Å². The predicted molar refractivity (Wildman–Crippen MR) is 58.5 cm³/mol. The smallest absolute Gasteiger partial charge is 0.402 e. The number of hydrogen-bond acceptors (Lipinski definition) is 4. The summed E-state index contributed by atoms with van der Waals surface area (Å²) >= 11 is 0. The lowest BCUT2D eigenvalue weighted by Gasteiger charge is -2.02. The minimum atomic E-state index is -5.10. The third-order valence-corrected chi connectivity index (χ3v) is 2.47. The molecule has 100 valence electrons. The molecule has 1 aliphatic rings. The van der Waals surface area contributed by atoms with Crippen LogP contribution < -0.4 is 0 Å². The maximum atomic E-state index is 12.2. The molecule has 0 saturated heterocycles. The molecule has 0 saturated carbocycles. The van der Waals surface area contributed by atoms with Crippen LogP contribution in [0.5, 0.6) is 0 Å². The minimum absolute atomic E-state index is 0.0916. The third kappa shape index (κ3) is 2.98. The van der Waals surface area contributed by atoms with E-state index in [1.54, 1.807) is 30.3 Å². The number of benzene rings is 1. The van der Waals surface area contributed by atoms with Crippen molar-refractivity contribution in [2.45, 2.75) is 18.6 Å². The number of alkyl halides is 3. The molecule has 0 spiro atoms. The molecular weight excluding hydrogens is 263 g/mol. The molecule has 2 rings (SSSR count). The van der Waals surface area contributed by atoms with Crippen LogP contribution >= 0.6 is 0 Å². The molecule has 7 heteroatoms. The van der Waals surface area contributed by atoms with E-state index < -0.39 is 29.9 Å². The number of ether oxygens (including phenoxy) is 1. The fourth-order valence-electron chi connectivity index (χ4n) is 1.58. The van der Waals surface area contributed by atoms with Crippen molar-refractivity contribution in [1.29, 1.82) is 0 Å². The lowest BCUT2D eigenvalue weighted by molar-refractivity contribution is -0.165. The SMILES string of the molecule is O=C1OC(C(=O)C(F)(F)F)=NC1Cc1ccccc1. The number of rotatable bonds is 3. The molecule has 4 nitrogen and oxygen atoms in total. The van der Waals surface area contributed by atoms with Gasteiger partial charge in [-0.2, -0.15) is 13.2 Å². The van der Waals surface area contributed by atoms with Crippen molar-refractivity contribution in [3.63, 3.8) is 0 Å². The highest BCUT2D eigenvalue weighted by atomic mass is 19.4. The third-order valence-electron chi connectivity index (χ3n) is 2.47. The van der Waals surface area contributed by atoms with E-state index in [1.807, 2.05) is 0 Å². The van der Waals surface area contributed by atoms with Crippen molar-refractivity contribution in [1.82, 2.24) is 0 Å². The minimum Gasteiger partial charge on any atom is -0.402 e. The van der Waals surface area contributed by atoms with Crippen molar-refractivity contribution in [3.8, 4) is 0 Å². The summed E-state index contributed by atoms with van der Waals surface area (Å²) in [4.78, 5) is 25.6. The largest absolute Gasteiger partial charge is 0.459 e. The number of ketones is 1. The predicted octanol–water partition coefficient (Wildman–Crippen LogP) is 1.68. The number of carbonyl (C=O) groups is 2. The molecule has 0 fully saturated rings. The number of aliphatic imine (C=N–C) groups is 1. The van der Waals surface area contributed by atoms with E-state index >= 15 is 0 Å². The van der Waals surface area contributed by atoms with Crippen molar-refractivity contribution in [3.05, 3.63) is 35.9 Å². The molecule has 0 amide bonds. The lowest BCUT2D eigenvalue weighted by Crippen LogP contribution is -2.31. The first-order valence-electron chi connectivity index (χ1n) is 5.33. The second kappa shape index (κ2) is 4.83. The van der Waals surface area contributed by atoms with Gasteiger partial charge in [-0.05, 0) is 5.56 Å². The van der Waals surface area contributed by atoms with Crippen LogP contribution in [0, 0.1) is 0 Å². The molecule has 0 aliphatic carbocycles. The summed E-state index contributed by atoms with van der Waals surface area (Å²) in [7, 11) is 0. The van der Waals surface area contributed by atoms with E-state index in [1.165, 1.54) is 0 Å². The zero-order valence-corrected chi connectivity index (χ0v) is 9.48. The summed E-state index contributed by atoms with van der Waals surface area (Å²) in [5.41, 5.74) is 0.717. The average molecular weight is 271 g/mol. The molecule has 19 heavy (non-hydrogen) atoms. The molecule has 0 radical (unpaired) electrons. The van der Waals surface area contributed by atoms with E-state index in [4.69, 9.17) is 0 Å². The van der Waals surface area contributed by atoms with Gasteiger partial charge in [-0.3, -0.25) is 4.79 Å². The molecule has 1 heterocycles. The highest BCUT2D eigenvalue weighted by molar-refractivity contribution is 6.41. The van der Waals surface area contributed by atoms with Crippen LogP contribution in [0.4, 0.5) is 13.2 Å². The van der Waals surface area contributed by atoms with E-state index in [9.17, 15) is 22.8 Å². The fraction of sp³-hybridized carbons (Fsp3) is 0.250. The number of nitrogens with zero attached hydrogens (tertiary/aromatic N) is 1. The normalized spacial score (nSPS) is 19.0. The van der Waals surface area contributed by atoms with Gasteiger partial charge in [0.2, 0.25) is 0 Å². The van der Waals surface area contributed by atoms with Crippen LogP contribution in [-0.2, 0) is 20.7 Å². The first-order chi connectivity index (χ1) is 8.88. The van der Waals surface area contributed by atoms with Crippen molar-refractivity contribution < 1.29 is 27.5 Å². The second-order valence-electron chi connectivity index (χ2n) is 3.89. The summed E-state index contributed by atoms with van der Waals surface area (Å²) in [6, 6.07) is 7.50. The highest BCUT2D eigenvalue weighted by Crippen LogP contribution is 2.21. The van der Waals surface area contributed by atoms with Crippen LogP contribution in [-0.4, -0.2) is 29.9 Å². The van der Waals surface area contributed by atoms with Gasteiger partial charge in [0, 0.05) is 6.42 Å². The number of cyclic esters (lactones) is 1. The van der Waals surface area contributed by atoms with Crippen LogP contribution in [0.3, 0.4) is 0 Å². The van der Waals surface area contributed by atoms with E-state index in [0.29, 0.717) is 5.56 Å². The Morgan fingerprint density at radius 1 is 1.26 bits per heavy atom. The Labute approximate surface area is 105 Å². The maximum Gasteiger partial charge on any atom is 0.459 e. The van der Waals surface area contributed by atoms with Gasteiger partial charge in [0.05, 0.1) is 0 Å². The van der Waals surface area contributed by atoms with E-state index in [-0.39, 0.29) is 6.42 Å². The Morgan fingerprint density at radius 2 is 1.89 bits per heavy atom. The average Bonchev–Trinajstić information content (AvgIpc) is 2.70. The highest BCUT2D eigenvalue weighted by Gasteiger charge is 2.47. The zero-order valence-electron chi connectivity index (χ0n) is 9.48. The van der Waals surface area contributed by atoms with Gasteiger partial charge in [0.25, 0.3) is 5.90 Å². The summed E-state index contributed by atoms with van der Waals surface area (Å²) in [6.45, 7) is 0. The van der Waals surface area contributed by atoms with Gasteiger partial charge in [0.1, 0.15) is 0 Å². The number of Topliss-reactive ketones (excluding diaryl/α,β-unsaturated/α-hetero) is 1. The summed E-state index contributed by atoms with van der Waals surface area (Å²) in [5, 5.41) is 0. The number of carbonyl (C=O) groups excluding carboxylic acids is 2. The Kier molecular flexibility index (Phi) is 3.37. The van der Waals surface area contributed by atoms with Gasteiger partial charge in [-0.25, -0.2) is 9.79 Å². The van der Waals surface area contributed by atoms with Crippen molar-refractivity contribution in [2.75, 3.05) is 0 Å². The Hall–Kier alpha value is -2.18. The molecule has 1 aromatic rings. The van der Waals surface area contributed by atoms with E-state index in [2.05, 4.69) is 9.73 Å². The zero-order chi connectivity index (χ0) is 14.0. The Balaban J connectivity index is 2.13. The number of esters is 1. The van der Waals surface area contributed by atoms with Crippen molar-refractivity contribution in [2.24, 2.45) is 4.99 Å². The quantitative estimate of drug-likeness (QED) is 0.786. The number of halogens is 3. The van der Waals surface area contributed by atoms with Crippen molar-refractivity contribution >= 4 is 17.7 Å². The molecule has 1 atom stereocenters. The summed E-state index contributed by atoms with van der Waals surface area (Å²) < 4.78 is 40.8. The molecule has 0 aromatic heterocycles.